The molecule has 2 heterocycles. The van der Waals surface area contributed by atoms with Crippen LogP contribution in [0.3, 0.4) is 0 Å². The number of hydrogen-bond acceptors (Lipinski definition) is 6. The van der Waals surface area contributed by atoms with E-state index in [1.165, 1.54) is 19.1 Å². The summed E-state index contributed by atoms with van der Waals surface area (Å²) in [4.78, 5) is 32.3. The van der Waals surface area contributed by atoms with Gasteiger partial charge in [-0.3, -0.25) is 14.5 Å². The standard InChI is InChI=1S/C20H18N2O5/c1-25-14-10-6-9-13(17(14)26-2)16-15-18(27-21-16)20(24)22(19(15)23)11-12-7-4-3-5-8-12/h3-10,15,18H,11H2,1-2H3/t15-,18+/m0/s1. The molecule has 1 saturated heterocycles. The van der Waals surface area contributed by atoms with Crippen LogP contribution in [-0.2, 0) is 21.0 Å². The number of nitrogens with zero attached hydrogens (tertiary/aromatic N) is 2. The van der Waals surface area contributed by atoms with Gasteiger partial charge in [-0.2, -0.15) is 0 Å². The summed E-state index contributed by atoms with van der Waals surface area (Å²) in [6.07, 6.45) is -0.938. The van der Waals surface area contributed by atoms with E-state index in [1.54, 1.807) is 18.2 Å². The SMILES string of the molecule is COc1cccc(C2=NO[C@H]3C(=O)N(Cc4ccccc4)C(=O)[C@@H]23)c1OC. The van der Waals surface area contributed by atoms with E-state index in [0.29, 0.717) is 22.8 Å². The molecule has 2 aliphatic rings. The molecule has 2 aromatic carbocycles. The van der Waals surface area contributed by atoms with Crippen LogP contribution in [-0.4, -0.2) is 42.7 Å². The summed E-state index contributed by atoms with van der Waals surface area (Å²) < 4.78 is 10.8. The van der Waals surface area contributed by atoms with E-state index in [9.17, 15) is 9.59 Å². The number of fused-ring (bicyclic) bond motifs is 1. The molecule has 1 fully saturated rings. The number of oxime groups is 1. The van der Waals surface area contributed by atoms with Crippen LogP contribution in [0.5, 0.6) is 11.5 Å². The van der Waals surface area contributed by atoms with Crippen molar-refractivity contribution in [1.29, 1.82) is 0 Å². The highest BCUT2D eigenvalue weighted by Crippen LogP contribution is 2.38. The zero-order valence-electron chi connectivity index (χ0n) is 14.9. The van der Waals surface area contributed by atoms with Crippen molar-refractivity contribution in [3.8, 4) is 11.5 Å². The maximum Gasteiger partial charge on any atom is 0.274 e. The van der Waals surface area contributed by atoms with E-state index < -0.39 is 12.0 Å². The molecule has 0 N–H and O–H groups in total. The Morgan fingerprint density at radius 3 is 2.48 bits per heavy atom. The Bertz CT molecular complexity index is 925. The number of para-hydroxylation sites is 1. The van der Waals surface area contributed by atoms with Gasteiger partial charge >= 0.3 is 0 Å². The predicted octanol–water partition coefficient (Wildman–Crippen LogP) is 1.99. The van der Waals surface area contributed by atoms with Gasteiger partial charge in [0.25, 0.3) is 5.91 Å². The van der Waals surface area contributed by atoms with Crippen LogP contribution in [0.4, 0.5) is 0 Å². The van der Waals surface area contributed by atoms with Gasteiger partial charge in [0.15, 0.2) is 11.5 Å². The van der Waals surface area contributed by atoms with Gasteiger partial charge in [-0.1, -0.05) is 41.6 Å². The van der Waals surface area contributed by atoms with Crippen LogP contribution in [0.25, 0.3) is 0 Å². The molecule has 0 bridgehead atoms. The lowest BCUT2D eigenvalue weighted by Gasteiger charge is -2.16. The number of ether oxygens (including phenoxy) is 2. The van der Waals surface area contributed by atoms with E-state index in [2.05, 4.69) is 5.16 Å². The second-order valence-electron chi connectivity index (χ2n) is 6.27. The molecule has 0 aliphatic carbocycles. The number of carbonyl (C=O) groups excluding carboxylic acids is 2. The summed E-state index contributed by atoms with van der Waals surface area (Å²) in [5.41, 5.74) is 1.83. The highest BCUT2D eigenvalue weighted by atomic mass is 16.7. The average molecular weight is 366 g/mol. The largest absolute Gasteiger partial charge is 0.493 e. The number of imide groups is 1. The van der Waals surface area contributed by atoms with Gasteiger partial charge in [-0.15, -0.1) is 0 Å². The molecule has 0 radical (unpaired) electrons. The number of likely N-dealkylation sites (tertiary alicyclic amines) is 1. The molecular formula is C20H18N2O5. The molecule has 0 unspecified atom stereocenters. The maximum absolute atomic E-state index is 13.0. The van der Waals surface area contributed by atoms with Crippen LogP contribution in [0.2, 0.25) is 0 Å². The minimum absolute atomic E-state index is 0.206. The minimum atomic E-state index is -0.938. The second kappa shape index (κ2) is 6.75. The van der Waals surface area contributed by atoms with Crippen LogP contribution in [0.15, 0.2) is 53.7 Å². The van der Waals surface area contributed by atoms with Crippen molar-refractivity contribution in [2.24, 2.45) is 11.1 Å². The topological polar surface area (TPSA) is 77.4 Å². The summed E-state index contributed by atoms with van der Waals surface area (Å²) in [5, 5.41) is 4.03. The molecule has 0 spiro atoms. The number of benzene rings is 2. The molecule has 2 aromatic rings. The van der Waals surface area contributed by atoms with Crippen molar-refractivity contribution >= 4 is 17.5 Å². The van der Waals surface area contributed by atoms with Crippen LogP contribution in [0.1, 0.15) is 11.1 Å². The van der Waals surface area contributed by atoms with Crippen LogP contribution >= 0.6 is 0 Å². The minimum Gasteiger partial charge on any atom is -0.493 e. The number of hydrogen-bond donors (Lipinski definition) is 0. The van der Waals surface area contributed by atoms with E-state index in [-0.39, 0.29) is 18.4 Å². The zero-order valence-corrected chi connectivity index (χ0v) is 14.9. The van der Waals surface area contributed by atoms with Crippen molar-refractivity contribution in [3.63, 3.8) is 0 Å². The molecule has 0 saturated carbocycles. The highest BCUT2D eigenvalue weighted by Gasteiger charge is 2.56. The van der Waals surface area contributed by atoms with Crippen molar-refractivity contribution in [2.75, 3.05) is 14.2 Å². The number of carbonyl (C=O) groups is 2. The third-order valence-electron chi connectivity index (χ3n) is 4.77. The first-order valence-corrected chi connectivity index (χ1v) is 8.50. The van der Waals surface area contributed by atoms with E-state index in [4.69, 9.17) is 14.3 Å². The van der Waals surface area contributed by atoms with Crippen LogP contribution in [0, 0.1) is 5.92 Å². The number of amides is 2. The van der Waals surface area contributed by atoms with Gasteiger partial charge in [0.1, 0.15) is 11.6 Å². The van der Waals surface area contributed by atoms with Gasteiger partial charge in [-0.25, -0.2) is 0 Å². The summed E-state index contributed by atoms with van der Waals surface area (Å²) in [7, 11) is 3.04. The van der Waals surface area contributed by atoms with E-state index in [0.717, 1.165) is 5.56 Å². The Labute approximate surface area is 156 Å². The monoisotopic (exact) mass is 366 g/mol. The van der Waals surface area contributed by atoms with Crippen molar-refractivity contribution in [3.05, 3.63) is 59.7 Å². The zero-order chi connectivity index (χ0) is 19.0. The molecule has 7 nitrogen and oxygen atoms in total. The lowest BCUT2D eigenvalue weighted by Crippen LogP contribution is -2.32. The molecule has 2 amide bonds. The lowest BCUT2D eigenvalue weighted by molar-refractivity contribution is -0.142. The Kier molecular flexibility index (Phi) is 4.27. The smallest absolute Gasteiger partial charge is 0.274 e. The molecule has 27 heavy (non-hydrogen) atoms. The molecule has 0 aromatic heterocycles. The van der Waals surface area contributed by atoms with Gasteiger partial charge in [0.05, 0.1) is 20.8 Å². The molecule has 2 aliphatic heterocycles. The Hall–Kier alpha value is -3.35. The first-order chi connectivity index (χ1) is 13.2. The van der Waals surface area contributed by atoms with Crippen molar-refractivity contribution in [2.45, 2.75) is 12.6 Å². The fraction of sp³-hybridized carbons (Fsp3) is 0.250. The lowest BCUT2D eigenvalue weighted by atomic mass is 9.93. The Morgan fingerprint density at radius 1 is 1.00 bits per heavy atom. The Morgan fingerprint density at radius 2 is 1.78 bits per heavy atom. The highest BCUT2D eigenvalue weighted by molar-refractivity contribution is 6.24. The fourth-order valence-corrected chi connectivity index (χ4v) is 3.47. The first-order valence-electron chi connectivity index (χ1n) is 8.50. The third-order valence-corrected chi connectivity index (χ3v) is 4.77. The first kappa shape index (κ1) is 17.1. The molecule has 138 valence electrons. The van der Waals surface area contributed by atoms with Gasteiger partial charge < -0.3 is 14.3 Å². The third kappa shape index (κ3) is 2.71. The van der Waals surface area contributed by atoms with Gasteiger partial charge in [0, 0.05) is 5.56 Å². The van der Waals surface area contributed by atoms with Crippen LogP contribution < -0.4 is 9.47 Å². The fourth-order valence-electron chi connectivity index (χ4n) is 3.47. The quantitative estimate of drug-likeness (QED) is 0.757. The molecule has 4 rings (SSSR count). The summed E-state index contributed by atoms with van der Waals surface area (Å²) in [5.74, 6) is -0.532. The Balaban J connectivity index is 1.67. The van der Waals surface area contributed by atoms with Crippen molar-refractivity contribution < 1.29 is 23.9 Å². The van der Waals surface area contributed by atoms with E-state index in [1.807, 2.05) is 30.3 Å². The molecular weight excluding hydrogens is 348 g/mol. The van der Waals surface area contributed by atoms with E-state index >= 15 is 0 Å². The summed E-state index contributed by atoms with van der Waals surface area (Å²) >= 11 is 0. The normalized spacial score (nSPS) is 21.0. The molecule has 2 atom stereocenters. The number of methoxy groups -OCH3 is 2. The van der Waals surface area contributed by atoms with Gasteiger partial charge in [0.2, 0.25) is 12.0 Å². The summed E-state index contributed by atoms with van der Waals surface area (Å²) in [6.45, 7) is 0.206. The maximum atomic E-state index is 13.0. The molecule has 7 heteroatoms. The average Bonchev–Trinajstić information content (AvgIpc) is 3.24. The summed E-state index contributed by atoms with van der Waals surface area (Å²) in [6, 6.07) is 14.6. The predicted molar refractivity (Wildman–Crippen MR) is 96.4 cm³/mol. The van der Waals surface area contributed by atoms with Gasteiger partial charge in [-0.05, 0) is 17.7 Å². The number of rotatable bonds is 5. The van der Waals surface area contributed by atoms with Crippen molar-refractivity contribution in [1.82, 2.24) is 4.90 Å². The second-order valence-corrected chi connectivity index (χ2v) is 6.27.